The van der Waals surface area contributed by atoms with Crippen LogP contribution in [0.15, 0.2) is 28.7 Å². The fourth-order valence-corrected chi connectivity index (χ4v) is 4.80. The number of alkyl halides is 3. The highest BCUT2D eigenvalue weighted by atomic mass is 80.0. The molecule has 1 aromatic rings. The Hall–Kier alpha value is 0.787. The minimum atomic E-state index is -1.78. The fraction of sp³-hybridized carbons (Fsp3) is 0.667. The third kappa shape index (κ3) is 10.3. The molecule has 0 spiro atoms. The number of ether oxygens (including phenoxy) is 1. The molecule has 0 amide bonds. The van der Waals surface area contributed by atoms with Gasteiger partial charge in [-0.05, 0) is 62.0 Å². The molecule has 1 aromatic carbocycles. The van der Waals surface area contributed by atoms with Gasteiger partial charge in [-0.2, -0.15) is 0 Å². The highest BCUT2D eigenvalue weighted by molar-refractivity contribution is 9.39. The summed E-state index contributed by atoms with van der Waals surface area (Å²) in [5.74, 6) is -0.508. The molecule has 0 saturated heterocycles. The molecule has 0 unspecified atom stereocenters. The molecule has 0 aromatic heterocycles. The van der Waals surface area contributed by atoms with E-state index in [9.17, 15) is 4.79 Å². The van der Waals surface area contributed by atoms with E-state index in [0.717, 1.165) is 29.3 Å². The topological polar surface area (TPSA) is 35.5 Å². The van der Waals surface area contributed by atoms with E-state index in [1.807, 2.05) is 24.3 Å². The first kappa shape index (κ1) is 27.8. The van der Waals surface area contributed by atoms with Gasteiger partial charge in [0.15, 0.2) is 10.5 Å². The summed E-state index contributed by atoms with van der Waals surface area (Å²) in [4.78, 5) is 12.8. The number of rotatable bonds is 9. The highest BCUT2D eigenvalue weighted by Crippen LogP contribution is 2.38. The summed E-state index contributed by atoms with van der Waals surface area (Å²) in [7, 11) is -1.78. The van der Waals surface area contributed by atoms with Crippen molar-refractivity contribution in [2.24, 2.45) is 0 Å². The summed E-state index contributed by atoms with van der Waals surface area (Å²) < 4.78 is 12.4. The summed E-state index contributed by atoms with van der Waals surface area (Å²) in [5, 5.41) is 0.193. The summed E-state index contributed by atoms with van der Waals surface area (Å²) in [6.07, 6.45) is 2.73. The zero-order valence-electron chi connectivity index (χ0n) is 18.0. The second kappa shape index (κ2) is 11.6. The standard InChI is InChI=1S/C21H32Br4O3Si/c1-15(28-29(5,6)20(2,3)4)8-7-9-18(16-10-12-17(22)13-11-16)19(26)27-14-21(23,24)25/h10-13,15,18H,7-9,14H2,1-6H3/t15-,18-/m0/s1. The van der Waals surface area contributed by atoms with Gasteiger partial charge in [0.2, 0.25) is 0 Å². The van der Waals surface area contributed by atoms with Crippen LogP contribution < -0.4 is 0 Å². The first-order valence-corrected chi connectivity index (χ1v) is 15.9. The molecule has 0 heterocycles. The number of carbonyl (C=O) groups is 1. The predicted octanol–water partition coefficient (Wildman–Crippen LogP) is 8.50. The molecule has 8 heteroatoms. The van der Waals surface area contributed by atoms with Crippen molar-refractivity contribution in [2.45, 2.75) is 79.3 Å². The number of hydrogen-bond acceptors (Lipinski definition) is 3. The minimum Gasteiger partial charge on any atom is -0.462 e. The van der Waals surface area contributed by atoms with Crippen LogP contribution in [0.3, 0.4) is 0 Å². The smallest absolute Gasteiger partial charge is 0.313 e. The zero-order chi connectivity index (χ0) is 22.5. The Kier molecular flexibility index (Phi) is 11.1. The minimum absolute atomic E-state index is 0.178. The summed E-state index contributed by atoms with van der Waals surface area (Å²) in [5.41, 5.74) is 0.973. The Balaban J connectivity index is 2.75. The van der Waals surface area contributed by atoms with Crippen molar-refractivity contribution in [1.82, 2.24) is 0 Å². The third-order valence-corrected chi connectivity index (χ3v) is 11.2. The fourth-order valence-electron chi connectivity index (χ4n) is 2.72. The van der Waals surface area contributed by atoms with Crippen LogP contribution in [0.1, 0.15) is 58.4 Å². The van der Waals surface area contributed by atoms with Gasteiger partial charge in [-0.25, -0.2) is 0 Å². The monoisotopic (exact) mass is 676 g/mol. The van der Waals surface area contributed by atoms with Gasteiger partial charge in [0.25, 0.3) is 0 Å². The largest absolute Gasteiger partial charge is 0.462 e. The van der Waals surface area contributed by atoms with Crippen LogP contribution in [0.2, 0.25) is 18.1 Å². The average molecular weight is 680 g/mol. The summed E-state index contributed by atoms with van der Waals surface area (Å²) in [6, 6.07) is 7.88. The zero-order valence-corrected chi connectivity index (χ0v) is 25.4. The van der Waals surface area contributed by atoms with Crippen molar-refractivity contribution in [3.05, 3.63) is 34.3 Å². The second-order valence-corrected chi connectivity index (χ2v) is 21.9. The van der Waals surface area contributed by atoms with Crippen molar-refractivity contribution in [1.29, 1.82) is 0 Å². The van der Waals surface area contributed by atoms with Gasteiger partial charge in [0.05, 0.1) is 5.92 Å². The Bertz CT molecular complexity index is 651. The molecule has 1 rings (SSSR count). The number of halogens is 4. The summed E-state index contributed by atoms with van der Waals surface area (Å²) in [6.45, 7) is 13.6. The maximum absolute atomic E-state index is 12.8. The molecule has 166 valence electrons. The molecule has 3 nitrogen and oxygen atoms in total. The van der Waals surface area contributed by atoms with Gasteiger partial charge < -0.3 is 9.16 Å². The van der Waals surface area contributed by atoms with Gasteiger partial charge in [0.1, 0.15) is 6.61 Å². The molecule has 0 saturated carbocycles. The number of benzene rings is 1. The Morgan fingerprint density at radius 2 is 1.62 bits per heavy atom. The quantitative estimate of drug-likeness (QED) is 0.149. The molecule has 2 atom stereocenters. The highest BCUT2D eigenvalue weighted by Gasteiger charge is 2.38. The number of hydrogen-bond donors (Lipinski definition) is 0. The normalized spacial score (nSPS) is 15.1. The van der Waals surface area contributed by atoms with Crippen LogP contribution in [-0.4, -0.2) is 29.1 Å². The molecular weight excluding hydrogens is 648 g/mol. The average Bonchev–Trinajstić information content (AvgIpc) is 2.55. The molecule has 0 fully saturated rings. The second-order valence-electron chi connectivity index (χ2n) is 8.95. The lowest BCUT2D eigenvalue weighted by Crippen LogP contribution is -2.43. The third-order valence-electron chi connectivity index (χ3n) is 5.34. The first-order chi connectivity index (χ1) is 13.1. The maximum Gasteiger partial charge on any atom is 0.313 e. The van der Waals surface area contributed by atoms with E-state index < -0.39 is 10.5 Å². The van der Waals surface area contributed by atoms with Crippen LogP contribution in [-0.2, 0) is 14.0 Å². The van der Waals surface area contributed by atoms with Gasteiger partial charge in [-0.1, -0.05) is 96.6 Å². The van der Waals surface area contributed by atoms with E-state index >= 15 is 0 Å². The SMILES string of the molecule is C[C@@H](CCC[C@H](C(=O)OCC(Br)(Br)Br)c1ccc(Br)cc1)O[Si](C)(C)C(C)(C)C. The van der Waals surface area contributed by atoms with Crippen LogP contribution in [0.25, 0.3) is 0 Å². The molecule has 0 aliphatic carbocycles. The van der Waals surface area contributed by atoms with E-state index in [1.54, 1.807) is 0 Å². The van der Waals surface area contributed by atoms with E-state index in [1.165, 1.54) is 0 Å². The lowest BCUT2D eigenvalue weighted by atomic mass is 9.93. The lowest BCUT2D eigenvalue weighted by Gasteiger charge is -2.38. The van der Waals surface area contributed by atoms with E-state index in [-0.39, 0.29) is 29.6 Å². The summed E-state index contributed by atoms with van der Waals surface area (Å²) >= 11 is 13.6. The van der Waals surface area contributed by atoms with Crippen molar-refractivity contribution in [3.63, 3.8) is 0 Å². The van der Waals surface area contributed by atoms with Crippen molar-refractivity contribution < 1.29 is 14.0 Å². The predicted molar refractivity (Wildman–Crippen MR) is 139 cm³/mol. The van der Waals surface area contributed by atoms with Crippen LogP contribution in [0.4, 0.5) is 0 Å². The maximum atomic E-state index is 12.8. The van der Waals surface area contributed by atoms with E-state index in [4.69, 9.17) is 9.16 Å². The first-order valence-electron chi connectivity index (χ1n) is 9.79. The lowest BCUT2D eigenvalue weighted by molar-refractivity contribution is -0.145. The van der Waals surface area contributed by atoms with Crippen molar-refractivity contribution in [2.75, 3.05) is 6.61 Å². The van der Waals surface area contributed by atoms with Crippen LogP contribution in [0, 0.1) is 0 Å². The molecule has 0 radical (unpaired) electrons. The molecule has 29 heavy (non-hydrogen) atoms. The Morgan fingerprint density at radius 3 is 2.10 bits per heavy atom. The van der Waals surface area contributed by atoms with Gasteiger partial charge in [-0.15, -0.1) is 0 Å². The van der Waals surface area contributed by atoms with Crippen molar-refractivity contribution >= 4 is 78.0 Å². The van der Waals surface area contributed by atoms with E-state index in [0.29, 0.717) is 0 Å². The van der Waals surface area contributed by atoms with Gasteiger partial charge in [-0.3, -0.25) is 4.79 Å². The van der Waals surface area contributed by atoms with E-state index in [2.05, 4.69) is 105 Å². The van der Waals surface area contributed by atoms with Gasteiger partial charge in [0, 0.05) is 10.6 Å². The number of esters is 1. The van der Waals surface area contributed by atoms with Gasteiger partial charge >= 0.3 is 5.97 Å². The molecule has 0 N–H and O–H groups in total. The van der Waals surface area contributed by atoms with Crippen molar-refractivity contribution in [3.8, 4) is 0 Å². The molecule has 0 bridgehead atoms. The van der Waals surface area contributed by atoms with Crippen LogP contribution >= 0.6 is 63.7 Å². The van der Waals surface area contributed by atoms with Crippen LogP contribution in [0.5, 0.6) is 0 Å². The molecule has 0 aliphatic rings. The molecule has 0 aliphatic heterocycles. The Labute approximate surface area is 210 Å². The number of carbonyl (C=O) groups excluding carboxylic acids is 1. The Morgan fingerprint density at radius 1 is 1.07 bits per heavy atom. The molecular formula is C21H32Br4O3Si.